The number of ether oxygens (including phenoxy) is 3. The largest absolute Gasteiger partial charge is 0.495 e. The van der Waals surface area contributed by atoms with Gasteiger partial charge in [0.15, 0.2) is 11.5 Å². The Labute approximate surface area is 194 Å². The topological polar surface area (TPSA) is 94.2 Å². The monoisotopic (exact) mass is 484 g/mol. The van der Waals surface area contributed by atoms with E-state index in [9.17, 15) is 13.2 Å². The zero-order valence-electron chi connectivity index (χ0n) is 18.7. The molecule has 0 fully saturated rings. The van der Waals surface area contributed by atoms with E-state index < -0.39 is 10.0 Å². The van der Waals surface area contributed by atoms with Gasteiger partial charge in [0, 0.05) is 19.5 Å². The fraction of sp³-hybridized carbons (Fsp3) is 0.409. The van der Waals surface area contributed by atoms with Crippen LogP contribution in [0.3, 0.4) is 0 Å². The fourth-order valence-corrected chi connectivity index (χ4v) is 4.36. The van der Waals surface area contributed by atoms with Gasteiger partial charge in [0.05, 0.1) is 38.3 Å². The van der Waals surface area contributed by atoms with Crippen molar-refractivity contribution >= 4 is 33.2 Å². The van der Waals surface area contributed by atoms with Crippen LogP contribution in [0.4, 0.5) is 5.69 Å². The molecule has 1 N–H and O–H groups in total. The maximum absolute atomic E-state index is 12.2. The summed E-state index contributed by atoms with van der Waals surface area (Å²) in [4.78, 5) is 12.2. The van der Waals surface area contributed by atoms with Crippen LogP contribution in [-0.4, -0.2) is 55.0 Å². The van der Waals surface area contributed by atoms with Crippen molar-refractivity contribution in [1.29, 1.82) is 0 Å². The van der Waals surface area contributed by atoms with Crippen molar-refractivity contribution in [3.63, 3.8) is 0 Å². The third-order valence-corrected chi connectivity index (χ3v) is 6.26. The van der Waals surface area contributed by atoms with Crippen LogP contribution in [0, 0.1) is 0 Å². The Bertz CT molecular complexity index is 1030. The van der Waals surface area contributed by atoms with Crippen LogP contribution in [0.25, 0.3) is 0 Å². The number of benzene rings is 2. The molecule has 10 heteroatoms. The molecule has 0 saturated heterocycles. The Morgan fingerprint density at radius 1 is 1.00 bits per heavy atom. The van der Waals surface area contributed by atoms with Gasteiger partial charge in [-0.3, -0.25) is 9.10 Å². The number of sulfonamides is 1. The molecular formula is C22H29ClN2O6S. The van der Waals surface area contributed by atoms with Crippen LogP contribution in [0.2, 0.25) is 5.02 Å². The third-order valence-electron chi connectivity index (χ3n) is 4.77. The van der Waals surface area contributed by atoms with Crippen molar-refractivity contribution in [2.75, 3.05) is 45.0 Å². The lowest BCUT2D eigenvalue weighted by molar-refractivity contribution is -0.121. The van der Waals surface area contributed by atoms with Gasteiger partial charge in [-0.05, 0) is 48.7 Å². The second kappa shape index (κ2) is 11.8. The van der Waals surface area contributed by atoms with E-state index in [1.165, 1.54) is 17.5 Å². The Kier molecular flexibility index (Phi) is 9.46. The predicted molar refractivity (Wildman–Crippen MR) is 126 cm³/mol. The highest BCUT2D eigenvalue weighted by atomic mass is 35.5. The summed E-state index contributed by atoms with van der Waals surface area (Å²) in [6, 6.07) is 10.4. The maximum Gasteiger partial charge on any atom is 0.232 e. The molecule has 0 saturated carbocycles. The molecule has 8 nitrogen and oxygen atoms in total. The van der Waals surface area contributed by atoms with E-state index in [0.29, 0.717) is 47.3 Å². The van der Waals surface area contributed by atoms with Crippen molar-refractivity contribution in [1.82, 2.24) is 5.32 Å². The van der Waals surface area contributed by atoms with Crippen molar-refractivity contribution in [2.24, 2.45) is 0 Å². The number of halogens is 1. The smallest absolute Gasteiger partial charge is 0.232 e. The summed E-state index contributed by atoms with van der Waals surface area (Å²) >= 11 is 6.13. The minimum absolute atomic E-state index is 0.147. The van der Waals surface area contributed by atoms with Gasteiger partial charge in [0.1, 0.15) is 5.75 Å². The number of rotatable bonds is 12. The van der Waals surface area contributed by atoms with Crippen LogP contribution in [-0.2, 0) is 21.2 Å². The molecule has 32 heavy (non-hydrogen) atoms. The van der Waals surface area contributed by atoms with E-state index in [1.807, 2.05) is 18.2 Å². The van der Waals surface area contributed by atoms with Gasteiger partial charge >= 0.3 is 0 Å². The standard InChI is InChI=1S/C22H29ClN2O6S/c1-29-19-10-8-17(15-18(19)23)25(32(4,27)28)13-5-6-22(26)24-12-11-16-7-9-20(30-2)21(14-16)31-3/h7-10,14-15H,5-6,11-13H2,1-4H3,(H,24,26). The average Bonchev–Trinajstić information content (AvgIpc) is 2.75. The molecule has 2 aromatic carbocycles. The summed E-state index contributed by atoms with van der Waals surface area (Å²) in [5, 5.41) is 3.17. The normalized spacial score (nSPS) is 11.0. The molecule has 0 heterocycles. The average molecular weight is 485 g/mol. The molecule has 0 bridgehead atoms. The molecule has 0 spiro atoms. The second-order valence-electron chi connectivity index (χ2n) is 7.05. The maximum atomic E-state index is 12.2. The summed E-state index contributed by atoms with van der Waals surface area (Å²) in [5.74, 6) is 1.59. The number of anilines is 1. The molecule has 2 aromatic rings. The van der Waals surface area contributed by atoms with Gasteiger partial charge in [-0.2, -0.15) is 0 Å². The van der Waals surface area contributed by atoms with Gasteiger partial charge in [0.25, 0.3) is 0 Å². The highest BCUT2D eigenvalue weighted by molar-refractivity contribution is 7.92. The summed E-state index contributed by atoms with van der Waals surface area (Å²) in [6.45, 7) is 0.614. The first kappa shape index (κ1) is 25.6. The zero-order valence-corrected chi connectivity index (χ0v) is 20.3. The fourth-order valence-electron chi connectivity index (χ4n) is 3.15. The number of amides is 1. The molecular weight excluding hydrogens is 456 g/mol. The molecule has 0 aliphatic rings. The summed E-state index contributed by atoms with van der Waals surface area (Å²) in [5.41, 5.74) is 1.43. The summed E-state index contributed by atoms with van der Waals surface area (Å²) in [7, 11) is 1.10. The van der Waals surface area contributed by atoms with Crippen LogP contribution < -0.4 is 23.8 Å². The number of hydrogen-bond acceptors (Lipinski definition) is 6. The van der Waals surface area contributed by atoms with Gasteiger partial charge < -0.3 is 19.5 Å². The zero-order chi connectivity index (χ0) is 23.7. The Morgan fingerprint density at radius 3 is 2.25 bits per heavy atom. The highest BCUT2D eigenvalue weighted by Crippen LogP contribution is 2.30. The van der Waals surface area contributed by atoms with Crippen molar-refractivity contribution < 1.29 is 27.4 Å². The lowest BCUT2D eigenvalue weighted by Gasteiger charge is -2.23. The lowest BCUT2D eigenvalue weighted by atomic mass is 10.1. The van der Waals surface area contributed by atoms with Crippen LogP contribution in [0.5, 0.6) is 17.2 Å². The minimum Gasteiger partial charge on any atom is -0.495 e. The van der Waals surface area contributed by atoms with Gasteiger partial charge in [0.2, 0.25) is 15.9 Å². The molecule has 0 atom stereocenters. The number of carbonyl (C=O) groups is 1. The molecule has 0 unspecified atom stereocenters. The van der Waals surface area contributed by atoms with Gasteiger partial charge in [-0.15, -0.1) is 0 Å². The molecule has 2 rings (SSSR count). The number of hydrogen-bond donors (Lipinski definition) is 1. The Hall–Kier alpha value is -2.65. The number of nitrogens with zero attached hydrogens (tertiary/aromatic N) is 1. The van der Waals surface area contributed by atoms with Crippen molar-refractivity contribution in [3.8, 4) is 17.2 Å². The van der Waals surface area contributed by atoms with Gasteiger partial charge in [-0.1, -0.05) is 17.7 Å². The SMILES string of the molecule is COc1ccc(N(CCCC(=O)NCCc2ccc(OC)c(OC)c2)S(C)(=O)=O)cc1Cl. The van der Waals surface area contributed by atoms with Crippen LogP contribution in [0.1, 0.15) is 18.4 Å². The van der Waals surface area contributed by atoms with E-state index in [2.05, 4.69) is 5.32 Å². The predicted octanol–water partition coefficient (Wildman–Crippen LogP) is 3.27. The first-order valence-electron chi connectivity index (χ1n) is 9.98. The van der Waals surface area contributed by atoms with E-state index in [4.69, 9.17) is 25.8 Å². The van der Waals surface area contributed by atoms with E-state index in [-0.39, 0.29) is 18.9 Å². The number of methoxy groups -OCH3 is 3. The quantitative estimate of drug-likeness (QED) is 0.497. The molecule has 176 valence electrons. The lowest BCUT2D eigenvalue weighted by Crippen LogP contribution is -2.32. The minimum atomic E-state index is -3.54. The summed E-state index contributed by atoms with van der Waals surface area (Å²) < 4.78 is 41.3. The molecule has 0 radical (unpaired) electrons. The second-order valence-corrected chi connectivity index (χ2v) is 9.36. The van der Waals surface area contributed by atoms with E-state index in [0.717, 1.165) is 11.8 Å². The van der Waals surface area contributed by atoms with Crippen molar-refractivity contribution in [3.05, 3.63) is 47.0 Å². The highest BCUT2D eigenvalue weighted by Gasteiger charge is 2.19. The van der Waals surface area contributed by atoms with E-state index in [1.54, 1.807) is 26.4 Å². The van der Waals surface area contributed by atoms with Crippen molar-refractivity contribution in [2.45, 2.75) is 19.3 Å². The van der Waals surface area contributed by atoms with Crippen LogP contribution in [0.15, 0.2) is 36.4 Å². The Morgan fingerprint density at radius 2 is 1.66 bits per heavy atom. The molecule has 0 aromatic heterocycles. The molecule has 0 aliphatic carbocycles. The molecule has 0 aliphatic heterocycles. The van der Waals surface area contributed by atoms with E-state index >= 15 is 0 Å². The number of nitrogens with one attached hydrogen (secondary N) is 1. The van der Waals surface area contributed by atoms with Gasteiger partial charge in [-0.25, -0.2) is 8.42 Å². The third kappa shape index (κ3) is 7.20. The molecule has 1 amide bonds. The first-order chi connectivity index (χ1) is 15.2. The Balaban J connectivity index is 1.86. The summed E-state index contributed by atoms with van der Waals surface area (Å²) in [6.07, 6.45) is 2.31. The number of carbonyl (C=O) groups excluding carboxylic acids is 1. The first-order valence-corrected chi connectivity index (χ1v) is 12.2. The van der Waals surface area contributed by atoms with Crippen LogP contribution >= 0.6 is 11.6 Å².